The van der Waals surface area contributed by atoms with Gasteiger partial charge in [0.25, 0.3) is 0 Å². The van der Waals surface area contributed by atoms with Crippen molar-refractivity contribution in [1.82, 2.24) is 5.32 Å². The van der Waals surface area contributed by atoms with Gasteiger partial charge in [-0.2, -0.15) is 0 Å². The Morgan fingerprint density at radius 3 is 2.71 bits per heavy atom. The van der Waals surface area contributed by atoms with Gasteiger partial charge in [0, 0.05) is 0 Å². The van der Waals surface area contributed by atoms with E-state index in [0.717, 1.165) is 12.0 Å². The van der Waals surface area contributed by atoms with E-state index in [4.69, 9.17) is 4.74 Å². The molecule has 4 heteroatoms. The van der Waals surface area contributed by atoms with E-state index in [9.17, 15) is 9.90 Å². The van der Waals surface area contributed by atoms with Gasteiger partial charge in [-0.1, -0.05) is 30.3 Å². The van der Waals surface area contributed by atoms with Gasteiger partial charge in [0.05, 0.1) is 0 Å². The van der Waals surface area contributed by atoms with Crippen molar-refractivity contribution in [2.75, 3.05) is 0 Å². The molecule has 2 fully saturated rings. The zero-order valence-electron chi connectivity index (χ0n) is 11.8. The van der Waals surface area contributed by atoms with Gasteiger partial charge < -0.3 is 15.2 Å². The molecular weight excluding hydrogens is 266 g/mol. The minimum atomic E-state index is -0.751. The Balaban J connectivity index is 1.49. The first-order chi connectivity index (χ1) is 10.2. The first-order valence-electron chi connectivity index (χ1n) is 7.63. The van der Waals surface area contributed by atoms with E-state index in [1.807, 2.05) is 30.3 Å². The van der Waals surface area contributed by atoms with Crippen LogP contribution in [0.5, 0.6) is 0 Å². The SMILES string of the molecule is O=C(O)C1NC(OCc2ccccc2)=C2CC2C1C1CC1. The van der Waals surface area contributed by atoms with Crippen LogP contribution in [0.15, 0.2) is 41.8 Å². The van der Waals surface area contributed by atoms with Crippen LogP contribution in [0.1, 0.15) is 24.8 Å². The topological polar surface area (TPSA) is 58.6 Å². The van der Waals surface area contributed by atoms with Crippen molar-refractivity contribution < 1.29 is 14.6 Å². The summed E-state index contributed by atoms with van der Waals surface area (Å²) in [6.07, 6.45) is 3.36. The third kappa shape index (κ3) is 2.39. The van der Waals surface area contributed by atoms with Crippen LogP contribution in [0, 0.1) is 17.8 Å². The standard InChI is InChI=1S/C17H19NO3/c19-17(20)15-14(11-6-7-11)12-8-13(12)16(18-15)21-9-10-4-2-1-3-5-10/h1-5,11-12,14-15,18H,6-9H2,(H,19,20). The second kappa shape index (κ2) is 4.79. The van der Waals surface area contributed by atoms with Gasteiger partial charge >= 0.3 is 5.97 Å². The van der Waals surface area contributed by atoms with Gasteiger partial charge in [-0.25, -0.2) is 4.79 Å². The lowest BCUT2D eigenvalue weighted by Crippen LogP contribution is -2.46. The predicted octanol–water partition coefficient (Wildman–Crippen LogP) is 2.52. The summed E-state index contributed by atoms with van der Waals surface area (Å²) in [5.74, 6) is 1.26. The van der Waals surface area contributed by atoms with Crippen molar-refractivity contribution in [3.8, 4) is 0 Å². The first kappa shape index (κ1) is 12.7. The highest BCUT2D eigenvalue weighted by Crippen LogP contribution is 2.57. The summed E-state index contributed by atoms with van der Waals surface area (Å²) in [6.45, 7) is 0.486. The Kier molecular flexibility index (Phi) is 2.91. The van der Waals surface area contributed by atoms with Crippen LogP contribution >= 0.6 is 0 Å². The first-order valence-corrected chi connectivity index (χ1v) is 7.63. The lowest BCUT2D eigenvalue weighted by molar-refractivity contribution is -0.141. The van der Waals surface area contributed by atoms with Gasteiger partial charge in [0.2, 0.25) is 0 Å². The maximum Gasteiger partial charge on any atom is 0.326 e. The quantitative estimate of drug-likeness (QED) is 0.873. The average Bonchev–Trinajstić information content (AvgIpc) is 3.37. The van der Waals surface area contributed by atoms with Crippen molar-refractivity contribution in [2.45, 2.75) is 31.9 Å². The van der Waals surface area contributed by atoms with Crippen molar-refractivity contribution in [2.24, 2.45) is 17.8 Å². The number of carboxylic acids is 1. The van der Waals surface area contributed by atoms with Crippen LogP contribution in [-0.2, 0) is 16.1 Å². The van der Waals surface area contributed by atoms with Gasteiger partial charge in [-0.3, -0.25) is 0 Å². The number of benzene rings is 1. The van der Waals surface area contributed by atoms with Crippen LogP contribution in [0.4, 0.5) is 0 Å². The van der Waals surface area contributed by atoms with Gasteiger partial charge in [-0.15, -0.1) is 0 Å². The molecular formula is C17H19NO3. The van der Waals surface area contributed by atoms with E-state index in [-0.39, 0.29) is 5.92 Å². The zero-order valence-corrected chi connectivity index (χ0v) is 11.8. The van der Waals surface area contributed by atoms with E-state index in [1.165, 1.54) is 18.4 Å². The number of nitrogens with one attached hydrogen (secondary N) is 1. The van der Waals surface area contributed by atoms with Crippen LogP contribution < -0.4 is 5.32 Å². The molecule has 3 unspecified atom stereocenters. The number of fused-ring (bicyclic) bond motifs is 1. The summed E-state index contributed by atoms with van der Waals surface area (Å²) in [5.41, 5.74) is 2.39. The molecule has 3 atom stereocenters. The summed E-state index contributed by atoms with van der Waals surface area (Å²) >= 11 is 0. The van der Waals surface area contributed by atoms with Crippen molar-refractivity contribution in [1.29, 1.82) is 0 Å². The maximum absolute atomic E-state index is 11.5. The number of hydrogen-bond donors (Lipinski definition) is 2. The summed E-state index contributed by atoms with van der Waals surface area (Å²) in [5, 5.41) is 12.6. The molecule has 0 bridgehead atoms. The highest BCUT2D eigenvalue weighted by atomic mass is 16.5. The smallest absolute Gasteiger partial charge is 0.326 e. The second-order valence-corrected chi connectivity index (χ2v) is 6.31. The second-order valence-electron chi connectivity index (χ2n) is 6.31. The number of aliphatic carboxylic acids is 1. The molecule has 4 rings (SSSR count). The number of carbonyl (C=O) groups is 1. The molecule has 2 saturated carbocycles. The number of hydrogen-bond acceptors (Lipinski definition) is 3. The van der Waals surface area contributed by atoms with Crippen LogP contribution in [0.2, 0.25) is 0 Å². The number of rotatable bonds is 5. The summed E-state index contributed by atoms with van der Waals surface area (Å²) < 4.78 is 5.86. The minimum absolute atomic E-state index is 0.265. The fraction of sp³-hybridized carbons (Fsp3) is 0.471. The summed E-state index contributed by atoms with van der Waals surface area (Å²) in [6, 6.07) is 9.48. The molecule has 0 radical (unpaired) electrons. The molecule has 3 aliphatic rings. The highest BCUT2D eigenvalue weighted by Gasteiger charge is 2.55. The third-order valence-corrected chi connectivity index (χ3v) is 4.81. The van der Waals surface area contributed by atoms with Crippen molar-refractivity contribution in [3.05, 3.63) is 47.4 Å². The largest absolute Gasteiger partial charge is 0.480 e. The number of carboxylic acid groups (broad SMARTS) is 1. The van der Waals surface area contributed by atoms with E-state index >= 15 is 0 Å². The van der Waals surface area contributed by atoms with Crippen LogP contribution in [0.25, 0.3) is 0 Å². The van der Waals surface area contributed by atoms with Crippen molar-refractivity contribution >= 4 is 5.97 Å². The van der Waals surface area contributed by atoms with E-state index in [2.05, 4.69) is 5.32 Å². The molecule has 1 heterocycles. The summed E-state index contributed by atoms with van der Waals surface area (Å²) in [4.78, 5) is 11.5. The molecule has 21 heavy (non-hydrogen) atoms. The Hall–Kier alpha value is -1.97. The molecule has 110 valence electrons. The van der Waals surface area contributed by atoms with Crippen LogP contribution in [-0.4, -0.2) is 17.1 Å². The fourth-order valence-electron chi connectivity index (χ4n) is 3.54. The molecule has 4 nitrogen and oxygen atoms in total. The van der Waals surface area contributed by atoms with E-state index in [0.29, 0.717) is 24.3 Å². The van der Waals surface area contributed by atoms with Gasteiger partial charge in [0.15, 0.2) is 5.88 Å². The van der Waals surface area contributed by atoms with E-state index in [1.54, 1.807) is 0 Å². The lowest BCUT2D eigenvalue weighted by Gasteiger charge is -2.30. The lowest BCUT2D eigenvalue weighted by atomic mass is 9.87. The number of allylic oxidation sites excluding steroid dienone is 1. The zero-order chi connectivity index (χ0) is 14.4. The Morgan fingerprint density at radius 2 is 2.05 bits per heavy atom. The highest BCUT2D eigenvalue weighted by molar-refractivity contribution is 5.75. The molecule has 0 saturated heterocycles. The molecule has 1 aromatic rings. The maximum atomic E-state index is 11.5. The molecule has 2 N–H and O–H groups in total. The minimum Gasteiger partial charge on any atom is -0.480 e. The average molecular weight is 285 g/mol. The van der Waals surface area contributed by atoms with Gasteiger partial charge in [0.1, 0.15) is 12.6 Å². The van der Waals surface area contributed by atoms with E-state index < -0.39 is 12.0 Å². The summed E-state index contributed by atoms with van der Waals surface area (Å²) in [7, 11) is 0. The monoisotopic (exact) mass is 285 g/mol. The Bertz CT molecular complexity index is 591. The molecule has 0 aromatic heterocycles. The van der Waals surface area contributed by atoms with Gasteiger partial charge in [-0.05, 0) is 48.2 Å². The molecule has 1 aliphatic heterocycles. The molecule has 0 amide bonds. The molecule has 2 aliphatic carbocycles. The van der Waals surface area contributed by atoms with Crippen molar-refractivity contribution in [3.63, 3.8) is 0 Å². The number of ether oxygens (including phenoxy) is 1. The Labute approximate surface area is 123 Å². The third-order valence-electron chi connectivity index (χ3n) is 4.81. The molecule has 1 aromatic carbocycles. The Morgan fingerprint density at radius 1 is 1.29 bits per heavy atom. The fourth-order valence-corrected chi connectivity index (χ4v) is 3.54. The molecule has 0 spiro atoms. The van der Waals surface area contributed by atoms with Crippen LogP contribution in [0.3, 0.4) is 0 Å². The predicted molar refractivity (Wildman–Crippen MR) is 77.1 cm³/mol. The normalized spacial score (nSPS) is 30.4.